The zero-order chi connectivity index (χ0) is 22.5. The molecule has 0 aliphatic rings. The number of carboxylic acid groups (broad SMARTS) is 1. The van der Waals surface area contributed by atoms with Crippen LogP contribution in [-0.2, 0) is 11.4 Å². The van der Waals surface area contributed by atoms with Crippen LogP contribution in [0.25, 0.3) is 16.8 Å². The molecule has 3 aromatic carbocycles. The molecule has 0 bridgehead atoms. The molecule has 4 aromatic rings. The number of benzene rings is 3. The van der Waals surface area contributed by atoms with Crippen molar-refractivity contribution < 1.29 is 19.4 Å². The van der Waals surface area contributed by atoms with E-state index in [4.69, 9.17) is 14.6 Å². The number of carboxylic acids is 1. The van der Waals surface area contributed by atoms with Crippen molar-refractivity contribution in [3.05, 3.63) is 89.7 Å². The summed E-state index contributed by atoms with van der Waals surface area (Å²) in [6, 6.07) is 23.5. The molecule has 7 heteroatoms. The van der Waals surface area contributed by atoms with Gasteiger partial charge in [0.05, 0.1) is 11.4 Å². The molecule has 0 aliphatic heterocycles. The molecule has 1 aromatic heterocycles. The molecule has 0 spiro atoms. The lowest BCUT2D eigenvalue weighted by molar-refractivity contribution is -0.139. The average molecular weight is 429 g/mol. The lowest BCUT2D eigenvalue weighted by atomic mass is 10.1. The molecule has 0 radical (unpaired) electrons. The van der Waals surface area contributed by atoms with E-state index < -0.39 is 5.97 Å². The fourth-order valence-electron chi connectivity index (χ4n) is 3.24. The standard InChI is InChI=1S/C25H23N3O4/c1-17-14-22(12-13-24(17)32-16-25(29)30)31-15-23-18(2)26-28(27-23)21-10-8-20(9-11-21)19-6-4-3-5-7-19/h3-14H,15-16H2,1-2H3,(H,29,30). The molecular weight excluding hydrogens is 406 g/mol. The smallest absolute Gasteiger partial charge is 0.341 e. The van der Waals surface area contributed by atoms with Crippen LogP contribution in [0, 0.1) is 13.8 Å². The first kappa shape index (κ1) is 21.1. The molecule has 32 heavy (non-hydrogen) atoms. The summed E-state index contributed by atoms with van der Waals surface area (Å²) in [5.41, 5.74) is 5.48. The Hall–Kier alpha value is -4.13. The first-order valence-corrected chi connectivity index (χ1v) is 10.2. The van der Waals surface area contributed by atoms with Crippen molar-refractivity contribution in [1.29, 1.82) is 0 Å². The molecule has 0 unspecified atom stereocenters. The Morgan fingerprint density at radius 3 is 2.31 bits per heavy atom. The minimum atomic E-state index is -1.02. The molecule has 162 valence electrons. The summed E-state index contributed by atoms with van der Waals surface area (Å²) in [6.07, 6.45) is 0. The zero-order valence-corrected chi connectivity index (χ0v) is 17.9. The SMILES string of the molecule is Cc1cc(OCc2nn(-c3ccc(-c4ccccc4)cc3)nc2C)ccc1OCC(=O)O. The van der Waals surface area contributed by atoms with E-state index in [0.29, 0.717) is 11.5 Å². The van der Waals surface area contributed by atoms with Crippen LogP contribution < -0.4 is 9.47 Å². The van der Waals surface area contributed by atoms with Gasteiger partial charge in [0.15, 0.2) is 6.61 Å². The number of hydrogen-bond acceptors (Lipinski definition) is 5. The number of nitrogens with zero attached hydrogens (tertiary/aromatic N) is 3. The largest absolute Gasteiger partial charge is 0.487 e. The van der Waals surface area contributed by atoms with E-state index in [2.05, 4.69) is 34.5 Å². The highest BCUT2D eigenvalue weighted by Gasteiger charge is 2.11. The Bertz CT molecular complexity index is 1220. The van der Waals surface area contributed by atoms with E-state index in [1.165, 1.54) is 0 Å². The molecule has 7 nitrogen and oxygen atoms in total. The normalized spacial score (nSPS) is 10.7. The van der Waals surface area contributed by atoms with Gasteiger partial charge in [0.25, 0.3) is 0 Å². The third-order valence-electron chi connectivity index (χ3n) is 4.96. The van der Waals surface area contributed by atoms with Gasteiger partial charge >= 0.3 is 5.97 Å². The summed E-state index contributed by atoms with van der Waals surface area (Å²) in [5.74, 6) is 0.144. The van der Waals surface area contributed by atoms with E-state index in [1.807, 2.05) is 44.2 Å². The third-order valence-corrected chi connectivity index (χ3v) is 4.96. The molecular formula is C25H23N3O4. The van der Waals surface area contributed by atoms with Crippen LogP contribution >= 0.6 is 0 Å². The van der Waals surface area contributed by atoms with Gasteiger partial charge in [-0.15, -0.1) is 5.10 Å². The van der Waals surface area contributed by atoms with Gasteiger partial charge < -0.3 is 14.6 Å². The Balaban J connectivity index is 1.43. The van der Waals surface area contributed by atoms with Gasteiger partial charge in [-0.1, -0.05) is 42.5 Å². The molecule has 4 rings (SSSR count). The molecule has 0 aliphatic carbocycles. The van der Waals surface area contributed by atoms with Crippen molar-refractivity contribution in [3.63, 3.8) is 0 Å². The van der Waals surface area contributed by atoms with E-state index in [0.717, 1.165) is 33.8 Å². The summed E-state index contributed by atoms with van der Waals surface area (Å²) >= 11 is 0. The van der Waals surface area contributed by atoms with Crippen molar-refractivity contribution in [2.45, 2.75) is 20.5 Å². The zero-order valence-electron chi connectivity index (χ0n) is 17.9. The molecule has 1 N–H and O–H groups in total. The summed E-state index contributed by atoms with van der Waals surface area (Å²) in [6.45, 7) is 3.62. The lowest BCUT2D eigenvalue weighted by Crippen LogP contribution is -2.10. The van der Waals surface area contributed by atoms with Gasteiger partial charge in [-0.2, -0.15) is 9.90 Å². The maximum Gasteiger partial charge on any atom is 0.341 e. The third kappa shape index (κ3) is 4.95. The van der Waals surface area contributed by atoms with Gasteiger partial charge in [0.2, 0.25) is 0 Å². The molecule has 0 atom stereocenters. The first-order chi connectivity index (χ1) is 15.5. The fraction of sp³-hybridized carbons (Fsp3) is 0.160. The number of aromatic nitrogens is 3. The Labute approximate surface area is 185 Å². The number of aliphatic carboxylic acids is 1. The van der Waals surface area contributed by atoms with Crippen LogP contribution in [0.4, 0.5) is 0 Å². The topological polar surface area (TPSA) is 86.5 Å². The second-order valence-electron chi connectivity index (χ2n) is 7.33. The molecule has 1 heterocycles. The van der Waals surface area contributed by atoms with Crippen molar-refractivity contribution >= 4 is 5.97 Å². The highest BCUT2D eigenvalue weighted by Crippen LogP contribution is 2.24. The van der Waals surface area contributed by atoms with Crippen LogP contribution in [0.5, 0.6) is 11.5 Å². The monoisotopic (exact) mass is 429 g/mol. The van der Waals surface area contributed by atoms with Gasteiger partial charge in [0, 0.05) is 0 Å². The van der Waals surface area contributed by atoms with E-state index in [9.17, 15) is 4.79 Å². The van der Waals surface area contributed by atoms with Crippen molar-refractivity contribution in [3.8, 4) is 28.3 Å². The predicted octanol–water partition coefficient (Wildman–Crippen LogP) is 4.59. The molecule has 0 saturated heterocycles. The molecule has 0 amide bonds. The maximum absolute atomic E-state index is 10.7. The molecule has 0 saturated carbocycles. The van der Waals surface area contributed by atoms with Gasteiger partial charge in [-0.3, -0.25) is 0 Å². The van der Waals surface area contributed by atoms with E-state index in [-0.39, 0.29) is 13.2 Å². The Morgan fingerprint density at radius 2 is 1.62 bits per heavy atom. The predicted molar refractivity (Wildman–Crippen MR) is 120 cm³/mol. The van der Waals surface area contributed by atoms with Gasteiger partial charge in [-0.05, 0) is 60.9 Å². The fourth-order valence-corrected chi connectivity index (χ4v) is 3.24. The number of rotatable bonds is 8. The van der Waals surface area contributed by atoms with Crippen LogP contribution in [-0.4, -0.2) is 32.7 Å². The van der Waals surface area contributed by atoms with Gasteiger partial charge in [-0.25, -0.2) is 4.79 Å². The summed E-state index contributed by atoms with van der Waals surface area (Å²) in [7, 11) is 0. The minimum absolute atomic E-state index is 0.267. The highest BCUT2D eigenvalue weighted by atomic mass is 16.5. The number of aryl methyl sites for hydroxylation is 2. The average Bonchev–Trinajstić information content (AvgIpc) is 3.18. The number of carbonyl (C=O) groups is 1. The second kappa shape index (κ2) is 9.34. The van der Waals surface area contributed by atoms with E-state index in [1.54, 1.807) is 23.0 Å². The van der Waals surface area contributed by atoms with E-state index >= 15 is 0 Å². The lowest BCUT2D eigenvalue weighted by Gasteiger charge is -2.10. The maximum atomic E-state index is 10.7. The van der Waals surface area contributed by atoms with Crippen molar-refractivity contribution in [2.24, 2.45) is 0 Å². The van der Waals surface area contributed by atoms with Gasteiger partial charge in [0.1, 0.15) is 23.8 Å². The second-order valence-corrected chi connectivity index (χ2v) is 7.33. The Kier molecular flexibility index (Phi) is 6.17. The minimum Gasteiger partial charge on any atom is -0.487 e. The summed E-state index contributed by atoms with van der Waals surface area (Å²) in [4.78, 5) is 12.3. The first-order valence-electron chi connectivity index (χ1n) is 10.2. The Morgan fingerprint density at radius 1 is 0.906 bits per heavy atom. The number of ether oxygens (including phenoxy) is 2. The van der Waals surface area contributed by atoms with Crippen LogP contribution in [0.3, 0.4) is 0 Å². The summed E-state index contributed by atoms with van der Waals surface area (Å²) in [5, 5.41) is 17.8. The molecule has 0 fully saturated rings. The van der Waals surface area contributed by atoms with Crippen LogP contribution in [0.15, 0.2) is 72.8 Å². The van der Waals surface area contributed by atoms with Crippen molar-refractivity contribution in [2.75, 3.05) is 6.61 Å². The number of hydrogen-bond donors (Lipinski definition) is 1. The van der Waals surface area contributed by atoms with Crippen molar-refractivity contribution in [1.82, 2.24) is 15.0 Å². The summed E-state index contributed by atoms with van der Waals surface area (Å²) < 4.78 is 11.1. The van der Waals surface area contributed by atoms with Crippen LogP contribution in [0.2, 0.25) is 0 Å². The van der Waals surface area contributed by atoms with Crippen LogP contribution in [0.1, 0.15) is 17.0 Å². The quantitative estimate of drug-likeness (QED) is 0.441. The highest BCUT2D eigenvalue weighted by molar-refractivity contribution is 5.68.